The number of nitrogens with zero attached hydrogens (tertiary/aromatic N) is 2. The number of carbonyl (C=O) groups excluding carboxylic acids is 1. The average Bonchev–Trinajstić information content (AvgIpc) is 2.72. The molecule has 1 amide bonds. The lowest BCUT2D eigenvalue weighted by Gasteiger charge is -2.06. The van der Waals surface area contributed by atoms with Gasteiger partial charge in [0.1, 0.15) is 5.82 Å². The first kappa shape index (κ1) is 14.1. The van der Waals surface area contributed by atoms with Crippen molar-refractivity contribution in [3.8, 4) is 0 Å². The van der Waals surface area contributed by atoms with Crippen molar-refractivity contribution in [3.05, 3.63) is 64.3 Å². The predicted octanol–water partition coefficient (Wildman–Crippen LogP) is 2.27. The number of imidazole rings is 1. The lowest BCUT2D eigenvalue weighted by Crippen LogP contribution is -2.19. The fraction of sp³-hybridized carbons (Fsp3) is 0.125. The maximum atomic E-state index is 13.6. The van der Waals surface area contributed by atoms with E-state index in [9.17, 15) is 14.0 Å². The molecule has 2 aromatic carbocycles. The molecule has 1 aromatic heterocycles. The van der Waals surface area contributed by atoms with E-state index >= 15 is 0 Å². The van der Waals surface area contributed by atoms with Crippen LogP contribution in [0.15, 0.2) is 47.3 Å². The number of hydrogen-bond donors (Lipinski definition) is 1. The minimum atomic E-state index is -0.576. The summed E-state index contributed by atoms with van der Waals surface area (Å²) in [6.45, 7) is 0. The fourth-order valence-corrected chi connectivity index (χ4v) is 2.43. The molecule has 5 nitrogen and oxygen atoms in total. The number of nitrogens with one attached hydrogen (secondary N) is 1. The quantitative estimate of drug-likeness (QED) is 0.789. The lowest BCUT2D eigenvalue weighted by molar-refractivity contribution is 0.102. The first-order valence-corrected chi connectivity index (χ1v) is 6.70. The summed E-state index contributed by atoms with van der Waals surface area (Å²) in [4.78, 5) is 24.0. The Labute approximate surface area is 125 Å². The molecule has 0 aliphatic rings. The molecule has 0 saturated heterocycles. The van der Waals surface area contributed by atoms with Gasteiger partial charge in [-0.25, -0.2) is 9.18 Å². The summed E-state index contributed by atoms with van der Waals surface area (Å²) in [6, 6.07) is 10.9. The Morgan fingerprint density at radius 2 is 1.73 bits per heavy atom. The minimum absolute atomic E-state index is 0.0236. The SMILES string of the molecule is Cn1c(=O)n(C)c2cc(NC(=O)c3ccccc3F)ccc21. The molecule has 3 rings (SSSR count). The molecule has 22 heavy (non-hydrogen) atoms. The van der Waals surface area contributed by atoms with Crippen LogP contribution >= 0.6 is 0 Å². The largest absolute Gasteiger partial charge is 0.328 e. The molecule has 0 bridgehead atoms. The molecule has 6 heteroatoms. The number of aromatic nitrogens is 2. The molecule has 0 atom stereocenters. The Balaban J connectivity index is 1.98. The first-order chi connectivity index (χ1) is 10.5. The Kier molecular flexibility index (Phi) is 3.29. The van der Waals surface area contributed by atoms with Gasteiger partial charge in [0.15, 0.2) is 0 Å². The van der Waals surface area contributed by atoms with Gasteiger partial charge in [0.05, 0.1) is 16.6 Å². The molecule has 0 aliphatic carbocycles. The highest BCUT2D eigenvalue weighted by Gasteiger charge is 2.13. The number of aryl methyl sites for hydroxylation is 2. The third kappa shape index (κ3) is 2.18. The molecule has 3 aromatic rings. The lowest BCUT2D eigenvalue weighted by atomic mass is 10.2. The molecule has 1 heterocycles. The van der Waals surface area contributed by atoms with Crippen LogP contribution in [0, 0.1) is 5.82 Å². The van der Waals surface area contributed by atoms with E-state index in [0.717, 1.165) is 5.52 Å². The molecular formula is C16H14FN3O2. The number of halogens is 1. The second-order valence-corrected chi connectivity index (χ2v) is 5.04. The monoisotopic (exact) mass is 299 g/mol. The third-order valence-corrected chi connectivity index (χ3v) is 3.65. The van der Waals surface area contributed by atoms with Crippen molar-refractivity contribution in [3.63, 3.8) is 0 Å². The van der Waals surface area contributed by atoms with Gasteiger partial charge in [-0.2, -0.15) is 0 Å². The van der Waals surface area contributed by atoms with Crippen LogP contribution in [0.3, 0.4) is 0 Å². The van der Waals surface area contributed by atoms with Crippen molar-refractivity contribution >= 4 is 22.6 Å². The minimum Gasteiger partial charge on any atom is -0.322 e. The number of hydrogen-bond acceptors (Lipinski definition) is 2. The van der Waals surface area contributed by atoms with Gasteiger partial charge in [0.25, 0.3) is 5.91 Å². The van der Waals surface area contributed by atoms with Gasteiger partial charge in [-0.3, -0.25) is 13.9 Å². The van der Waals surface area contributed by atoms with Gasteiger partial charge >= 0.3 is 5.69 Å². The second-order valence-electron chi connectivity index (χ2n) is 5.04. The van der Waals surface area contributed by atoms with E-state index in [2.05, 4.69) is 5.32 Å². The van der Waals surface area contributed by atoms with Crippen molar-refractivity contribution in [2.24, 2.45) is 14.1 Å². The number of amides is 1. The van der Waals surface area contributed by atoms with Crippen molar-refractivity contribution in [1.82, 2.24) is 9.13 Å². The summed E-state index contributed by atoms with van der Waals surface area (Å²) >= 11 is 0. The van der Waals surface area contributed by atoms with Gasteiger partial charge in [0, 0.05) is 19.8 Å². The average molecular weight is 299 g/mol. The molecule has 0 aliphatic heterocycles. The normalized spacial score (nSPS) is 10.9. The van der Waals surface area contributed by atoms with Crippen LogP contribution in [-0.2, 0) is 14.1 Å². The van der Waals surface area contributed by atoms with Gasteiger partial charge < -0.3 is 5.32 Å². The highest BCUT2D eigenvalue weighted by atomic mass is 19.1. The first-order valence-electron chi connectivity index (χ1n) is 6.70. The molecule has 0 fully saturated rings. The maximum Gasteiger partial charge on any atom is 0.328 e. The molecule has 0 saturated carbocycles. The third-order valence-electron chi connectivity index (χ3n) is 3.65. The van der Waals surface area contributed by atoms with Gasteiger partial charge in [-0.1, -0.05) is 12.1 Å². The van der Waals surface area contributed by atoms with E-state index in [-0.39, 0.29) is 11.3 Å². The van der Waals surface area contributed by atoms with E-state index in [1.165, 1.54) is 27.3 Å². The van der Waals surface area contributed by atoms with E-state index in [1.807, 2.05) is 0 Å². The van der Waals surface area contributed by atoms with Crippen LogP contribution < -0.4 is 11.0 Å². The number of anilines is 1. The zero-order valence-corrected chi connectivity index (χ0v) is 12.1. The summed E-state index contributed by atoms with van der Waals surface area (Å²) < 4.78 is 16.6. The Morgan fingerprint density at radius 3 is 2.45 bits per heavy atom. The number of benzene rings is 2. The zero-order chi connectivity index (χ0) is 15.9. The predicted molar refractivity (Wildman–Crippen MR) is 82.5 cm³/mol. The summed E-state index contributed by atoms with van der Waals surface area (Å²) in [7, 11) is 3.34. The van der Waals surface area contributed by atoms with Gasteiger partial charge in [0.2, 0.25) is 0 Å². The molecule has 0 unspecified atom stereocenters. The molecule has 1 N–H and O–H groups in total. The van der Waals surface area contributed by atoms with Crippen LogP contribution in [-0.4, -0.2) is 15.0 Å². The summed E-state index contributed by atoms with van der Waals surface area (Å²) in [5, 5.41) is 2.64. The van der Waals surface area contributed by atoms with Crippen molar-refractivity contribution in [1.29, 1.82) is 0 Å². The van der Waals surface area contributed by atoms with E-state index < -0.39 is 11.7 Å². The van der Waals surface area contributed by atoms with Gasteiger partial charge in [-0.05, 0) is 30.3 Å². The number of fused-ring (bicyclic) bond motifs is 1. The van der Waals surface area contributed by atoms with Crippen LogP contribution in [0.4, 0.5) is 10.1 Å². The molecule has 112 valence electrons. The Hall–Kier alpha value is -2.89. The van der Waals surface area contributed by atoms with E-state index in [4.69, 9.17) is 0 Å². The van der Waals surface area contributed by atoms with Crippen LogP contribution in [0.25, 0.3) is 11.0 Å². The summed E-state index contributed by atoms with van der Waals surface area (Å²) in [5.74, 6) is -1.11. The Morgan fingerprint density at radius 1 is 1.05 bits per heavy atom. The molecule has 0 spiro atoms. The van der Waals surface area contributed by atoms with Crippen molar-refractivity contribution in [2.45, 2.75) is 0 Å². The smallest absolute Gasteiger partial charge is 0.322 e. The zero-order valence-electron chi connectivity index (χ0n) is 12.1. The number of rotatable bonds is 2. The van der Waals surface area contributed by atoms with Crippen LogP contribution in [0.1, 0.15) is 10.4 Å². The highest BCUT2D eigenvalue weighted by molar-refractivity contribution is 6.05. The van der Waals surface area contributed by atoms with Crippen molar-refractivity contribution in [2.75, 3.05) is 5.32 Å². The second kappa shape index (κ2) is 5.14. The standard InChI is InChI=1S/C16H14FN3O2/c1-19-13-8-7-10(9-14(13)20(2)16(19)22)18-15(21)11-5-3-4-6-12(11)17/h3-9H,1-2H3,(H,18,21). The van der Waals surface area contributed by atoms with Gasteiger partial charge in [-0.15, -0.1) is 0 Å². The Bertz CT molecular complexity index is 940. The fourth-order valence-electron chi connectivity index (χ4n) is 2.43. The topological polar surface area (TPSA) is 56.0 Å². The number of carbonyl (C=O) groups is 1. The van der Waals surface area contributed by atoms with E-state index in [0.29, 0.717) is 11.2 Å². The van der Waals surface area contributed by atoms with Crippen LogP contribution in [0.2, 0.25) is 0 Å². The van der Waals surface area contributed by atoms with E-state index in [1.54, 1.807) is 38.4 Å². The highest BCUT2D eigenvalue weighted by Crippen LogP contribution is 2.18. The maximum absolute atomic E-state index is 13.6. The molecular weight excluding hydrogens is 285 g/mol. The van der Waals surface area contributed by atoms with Crippen molar-refractivity contribution < 1.29 is 9.18 Å². The molecule has 0 radical (unpaired) electrons. The summed E-state index contributed by atoms with van der Waals surface area (Å²) in [6.07, 6.45) is 0. The van der Waals surface area contributed by atoms with Crippen LogP contribution in [0.5, 0.6) is 0 Å². The summed E-state index contributed by atoms with van der Waals surface area (Å²) in [5.41, 5.74) is 1.79.